The average Bonchev–Trinajstić information content (AvgIpc) is 2.47. The van der Waals surface area contributed by atoms with Crippen molar-refractivity contribution in [3.05, 3.63) is 20.8 Å². The van der Waals surface area contributed by atoms with Crippen molar-refractivity contribution in [2.75, 3.05) is 0 Å². The van der Waals surface area contributed by atoms with Gasteiger partial charge in [0, 0.05) is 27.3 Å². The van der Waals surface area contributed by atoms with Crippen molar-refractivity contribution in [2.45, 2.75) is 33.4 Å². The first kappa shape index (κ1) is 11.2. The fraction of sp³-hybridized carbons (Fsp3) is 0.600. The third-order valence-electron chi connectivity index (χ3n) is 2.22. The Hall–Kier alpha value is 0.140. The highest BCUT2D eigenvalue weighted by Crippen LogP contribution is 2.19. The summed E-state index contributed by atoms with van der Waals surface area (Å²) in [5, 5.41) is 5.62. The van der Waals surface area contributed by atoms with Crippen LogP contribution in [0.3, 0.4) is 0 Å². The summed E-state index contributed by atoms with van der Waals surface area (Å²) in [5.41, 5.74) is 0. The average molecular weight is 262 g/mol. The number of nitrogens with one attached hydrogen (secondary N) is 1. The molecule has 1 heterocycles. The maximum atomic E-state index is 3.50. The van der Waals surface area contributed by atoms with E-state index in [1.54, 1.807) is 11.3 Å². The van der Waals surface area contributed by atoms with E-state index in [1.807, 2.05) is 0 Å². The van der Waals surface area contributed by atoms with Crippen LogP contribution in [-0.2, 0) is 6.54 Å². The van der Waals surface area contributed by atoms with E-state index in [0.717, 1.165) is 6.54 Å². The minimum Gasteiger partial charge on any atom is -0.309 e. The molecule has 0 fully saturated rings. The summed E-state index contributed by atoms with van der Waals surface area (Å²) in [7, 11) is 0. The minimum atomic E-state index is 0.584. The third kappa shape index (κ3) is 3.79. The molecule has 0 amide bonds. The molecule has 0 spiro atoms. The second kappa shape index (κ2) is 5.13. The van der Waals surface area contributed by atoms with E-state index >= 15 is 0 Å². The lowest BCUT2D eigenvalue weighted by atomic mass is 10.1. The molecule has 0 unspecified atom stereocenters. The zero-order valence-electron chi connectivity index (χ0n) is 8.30. The molecule has 0 aliphatic carbocycles. The highest BCUT2D eigenvalue weighted by atomic mass is 79.9. The summed E-state index contributed by atoms with van der Waals surface area (Å²) >= 11 is 5.24. The van der Waals surface area contributed by atoms with E-state index in [-0.39, 0.29) is 0 Å². The molecule has 1 aromatic heterocycles. The molecule has 1 atom stereocenters. The van der Waals surface area contributed by atoms with Gasteiger partial charge in [0.1, 0.15) is 0 Å². The van der Waals surface area contributed by atoms with Crippen molar-refractivity contribution in [2.24, 2.45) is 5.92 Å². The summed E-state index contributed by atoms with van der Waals surface area (Å²) in [4.78, 5) is 1.39. The van der Waals surface area contributed by atoms with Gasteiger partial charge in [-0.15, -0.1) is 11.3 Å². The van der Waals surface area contributed by atoms with Gasteiger partial charge < -0.3 is 5.32 Å². The van der Waals surface area contributed by atoms with Gasteiger partial charge in [-0.05, 0) is 34.8 Å². The van der Waals surface area contributed by atoms with Crippen LogP contribution < -0.4 is 5.32 Å². The lowest BCUT2D eigenvalue weighted by molar-refractivity contribution is 0.427. The first-order chi connectivity index (χ1) is 6.09. The first-order valence-corrected chi connectivity index (χ1v) is 6.23. The highest BCUT2D eigenvalue weighted by Gasteiger charge is 2.06. The van der Waals surface area contributed by atoms with Gasteiger partial charge in [-0.3, -0.25) is 0 Å². The molecule has 3 heteroatoms. The predicted octanol–water partition coefficient (Wildman–Crippen LogP) is 3.64. The van der Waals surface area contributed by atoms with E-state index < -0.39 is 0 Å². The van der Waals surface area contributed by atoms with E-state index in [2.05, 4.69) is 53.5 Å². The van der Waals surface area contributed by atoms with Crippen LogP contribution in [0.5, 0.6) is 0 Å². The molecular weight excluding hydrogens is 246 g/mol. The molecule has 0 bridgehead atoms. The molecule has 0 saturated heterocycles. The molecule has 74 valence electrons. The maximum absolute atomic E-state index is 3.50. The Morgan fingerprint density at radius 2 is 2.15 bits per heavy atom. The molecule has 0 radical (unpaired) electrons. The Balaban J connectivity index is 2.35. The van der Waals surface area contributed by atoms with Crippen LogP contribution in [0, 0.1) is 5.92 Å². The second-order valence-electron chi connectivity index (χ2n) is 3.64. The maximum Gasteiger partial charge on any atom is 0.0302 e. The Kier molecular flexibility index (Phi) is 4.42. The molecule has 13 heavy (non-hydrogen) atoms. The summed E-state index contributed by atoms with van der Waals surface area (Å²) in [6.45, 7) is 7.69. The van der Waals surface area contributed by atoms with Crippen molar-refractivity contribution in [3.8, 4) is 0 Å². The Morgan fingerprint density at radius 3 is 2.62 bits per heavy atom. The summed E-state index contributed by atoms with van der Waals surface area (Å²) in [5.74, 6) is 0.698. The van der Waals surface area contributed by atoms with E-state index in [0.29, 0.717) is 12.0 Å². The highest BCUT2D eigenvalue weighted by molar-refractivity contribution is 9.10. The van der Waals surface area contributed by atoms with Gasteiger partial charge in [0.15, 0.2) is 0 Å². The number of thiophene rings is 1. The molecule has 1 aromatic rings. The Bertz CT molecular complexity index is 257. The van der Waals surface area contributed by atoms with Gasteiger partial charge in [0.05, 0.1) is 0 Å². The molecule has 1 N–H and O–H groups in total. The van der Waals surface area contributed by atoms with Gasteiger partial charge in [0.2, 0.25) is 0 Å². The molecule has 0 aliphatic rings. The minimum absolute atomic E-state index is 0.584. The van der Waals surface area contributed by atoms with Crippen molar-refractivity contribution < 1.29 is 0 Å². The molecular formula is C10H16BrNS. The summed E-state index contributed by atoms with van der Waals surface area (Å²) in [6.07, 6.45) is 0. The molecule has 1 rings (SSSR count). The van der Waals surface area contributed by atoms with Crippen LogP contribution in [0.25, 0.3) is 0 Å². The molecule has 0 aliphatic heterocycles. The van der Waals surface area contributed by atoms with Crippen LogP contribution in [-0.4, -0.2) is 6.04 Å². The van der Waals surface area contributed by atoms with Crippen LogP contribution >= 0.6 is 27.3 Å². The van der Waals surface area contributed by atoms with Crippen molar-refractivity contribution in [1.82, 2.24) is 5.32 Å². The molecule has 1 nitrogen and oxygen atoms in total. The lowest BCUT2D eigenvalue weighted by Gasteiger charge is -2.16. The monoisotopic (exact) mass is 261 g/mol. The Morgan fingerprint density at radius 1 is 1.46 bits per heavy atom. The fourth-order valence-corrected chi connectivity index (χ4v) is 2.35. The molecule has 0 saturated carbocycles. The van der Waals surface area contributed by atoms with Gasteiger partial charge in [-0.1, -0.05) is 13.8 Å². The third-order valence-corrected chi connectivity index (χ3v) is 3.92. The Labute approximate surface area is 92.7 Å². The number of hydrogen-bond donors (Lipinski definition) is 1. The topological polar surface area (TPSA) is 12.0 Å². The number of halogens is 1. The SMILES string of the molecule is CC(C)[C@@H](C)NCc1cc(Br)cs1. The van der Waals surface area contributed by atoms with Gasteiger partial charge in [-0.25, -0.2) is 0 Å². The quantitative estimate of drug-likeness (QED) is 0.873. The zero-order chi connectivity index (χ0) is 9.84. The second-order valence-corrected chi connectivity index (χ2v) is 5.56. The number of hydrogen-bond acceptors (Lipinski definition) is 2. The van der Waals surface area contributed by atoms with Crippen LogP contribution in [0.1, 0.15) is 25.6 Å². The van der Waals surface area contributed by atoms with Crippen LogP contribution in [0.2, 0.25) is 0 Å². The van der Waals surface area contributed by atoms with Gasteiger partial charge in [0.25, 0.3) is 0 Å². The van der Waals surface area contributed by atoms with Crippen LogP contribution in [0.15, 0.2) is 15.9 Å². The van der Waals surface area contributed by atoms with Crippen molar-refractivity contribution in [1.29, 1.82) is 0 Å². The zero-order valence-corrected chi connectivity index (χ0v) is 10.7. The number of rotatable bonds is 4. The van der Waals surface area contributed by atoms with Gasteiger partial charge >= 0.3 is 0 Å². The van der Waals surface area contributed by atoms with E-state index in [4.69, 9.17) is 0 Å². The lowest BCUT2D eigenvalue weighted by Crippen LogP contribution is -2.29. The van der Waals surface area contributed by atoms with E-state index in [1.165, 1.54) is 9.35 Å². The van der Waals surface area contributed by atoms with Crippen molar-refractivity contribution >= 4 is 27.3 Å². The molecule has 0 aromatic carbocycles. The fourth-order valence-electron chi connectivity index (χ4n) is 0.944. The van der Waals surface area contributed by atoms with Crippen molar-refractivity contribution in [3.63, 3.8) is 0 Å². The van der Waals surface area contributed by atoms with Gasteiger partial charge in [-0.2, -0.15) is 0 Å². The van der Waals surface area contributed by atoms with Crippen LogP contribution in [0.4, 0.5) is 0 Å². The standard InChI is InChI=1S/C10H16BrNS/c1-7(2)8(3)12-5-10-4-9(11)6-13-10/h4,6-8,12H,5H2,1-3H3/t8-/m1/s1. The predicted molar refractivity (Wildman–Crippen MR) is 63.2 cm³/mol. The summed E-state index contributed by atoms with van der Waals surface area (Å²) < 4.78 is 1.19. The first-order valence-electron chi connectivity index (χ1n) is 4.56. The summed E-state index contributed by atoms with van der Waals surface area (Å²) in [6, 6.07) is 2.76. The largest absolute Gasteiger partial charge is 0.309 e. The smallest absolute Gasteiger partial charge is 0.0302 e. The van der Waals surface area contributed by atoms with E-state index in [9.17, 15) is 0 Å². The normalized spacial score (nSPS) is 13.6.